The summed E-state index contributed by atoms with van der Waals surface area (Å²) in [6.45, 7) is 0. The smallest absolute Gasteiger partial charge is 0.101 e. The number of hydrogen-bond acceptors (Lipinski definition) is 0. The van der Waals surface area contributed by atoms with Gasteiger partial charge in [0, 0.05) is 0 Å². The molecule has 8 heavy (non-hydrogen) atoms. The largest absolute Gasteiger partial charge is 0.121 e. The van der Waals surface area contributed by atoms with Crippen LogP contribution in [0, 0.1) is 12.8 Å². The van der Waals surface area contributed by atoms with Crippen LogP contribution in [0.3, 0.4) is 0 Å². The van der Waals surface area contributed by atoms with Gasteiger partial charge in [-0.15, -0.1) is 23.2 Å². The molecule has 0 N–H and O–H groups in total. The van der Waals surface area contributed by atoms with Crippen LogP contribution in [0.25, 0.3) is 0 Å². The molecule has 1 aliphatic rings. The van der Waals surface area contributed by atoms with Gasteiger partial charge >= 0.3 is 0 Å². The van der Waals surface area contributed by atoms with Crippen LogP contribution in [0.5, 0.6) is 0 Å². The van der Waals surface area contributed by atoms with Gasteiger partial charge in [0.05, 0.1) is 0 Å². The van der Waals surface area contributed by atoms with Crippen molar-refractivity contribution in [2.45, 2.75) is 23.6 Å². The van der Waals surface area contributed by atoms with Crippen molar-refractivity contribution in [1.82, 2.24) is 0 Å². The Bertz CT molecular complexity index is 70.6. The highest BCUT2D eigenvalue weighted by atomic mass is 35.5. The van der Waals surface area contributed by atoms with Crippen molar-refractivity contribution in [3.05, 3.63) is 12.8 Å². The molecule has 0 aromatic heterocycles. The van der Waals surface area contributed by atoms with Crippen LogP contribution in [-0.2, 0) is 0 Å². The summed E-state index contributed by atoms with van der Waals surface area (Å²) in [5.74, 6) is 0. The zero-order chi connectivity index (χ0) is 6.04. The second-order valence-corrected chi connectivity index (χ2v) is 3.58. The molecule has 2 radical (unpaired) electrons. The first-order valence-electron chi connectivity index (χ1n) is 2.74. The minimum atomic E-state index is -0.557. The van der Waals surface area contributed by atoms with Gasteiger partial charge in [0.25, 0.3) is 0 Å². The Kier molecular flexibility index (Phi) is 2.05. The van der Waals surface area contributed by atoms with E-state index in [0.29, 0.717) is 0 Å². The van der Waals surface area contributed by atoms with E-state index in [-0.39, 0.29) is 0 Å². The lowest BCUT2D eigenvalue weighted by molar-refractivity contribution is 0.681. The Morgan fingerprint density at radius 3 is 2.25 bits per heavy atom. The highest BCUT2D eigenvalue weighted by Crippen LogP contribution is 2.35. The Morgan fingerprint density at radius 1 is 1.25 bits per heavy atom. The molecule has 1 aliphatic carbocycles. The summed E-state index contributed by atoms with van der Waals surface area (Å²) >= 11 is 11.5. The Morgan fingerprint density at radius 2 is 2.00 bits per heavy atom. The third-order valence-corrected chi connectivity index (χ3v) is 1.85. The van der Waals surface area contributed by atoms with E-state index in [4.69, 9.17) is 23.2 Å². The second kappa shape index (κ2) is 2.45. The van der Waals surface area contributed by atoms with Crippen LogP contribution in [0.4, 0.5) is 0 Å². The summed E-state index contributed by atoms with van der Waals surface area (Å²) in [7, 11) is 0. The van der Waals surface area contributed by atoms with Gasteiger partial charge in [-0.25, -0.2) is 0 Å². The minimum Gasteiger partial charge on any atom is -0.101 e. The van der Waals surface area contributed by atoms with E-state index < -0.39 is 4.33 Å². The first kappa shape index (κ1) is 6.70. The summed E-state index contributed by atoms with van der Waals surface area (Å²) < 4.78 is -0.557. The van der Waals surface area contributed by atoms with Gasteiger partial charge in [-0.1, -0.05) is 0 Å². The van der Waals surface area contributed by atoms with Crippen LogP contribution < -0.4 is 0 Å². The summed E-state index contributed by atoms with van der Waals surface area (Å²) in [5, 5.41) is 0. The maximum atomic E-state index is 5.75. The van der Waals surface area contributed by atoms with Crippen LogP contribution in [0.2, 0.25) is 0 Å². The van der Waals surface area contributed by atoms with Gasteiger partial charge in [0.2, 0.25) is 0 Å². The molecule has 0 atom stereocenters. The van der Waals surface area contributed by atoms with Gasteiger partial charge < -0.3 is 0 Å². The third-order valence-electron chi connectivity index (χ3n) is 1.23. The van der Waals surface area contributed by atoms with E-state index in [2.05, 4.69) is 6.42 Å². The summed E-state index contributed by atoms with van der Waals surface area (Å²) in [6.07, 6.45) is 7.03. The minimum absolute atomic E-state index is 0.557. The van der Waals surface area contributed by atoms with Crippen LogP contribution in [0.15, 0.2) is 0 Å². The molecule has 46 valence electrons. The van der Waals surface area contributed by atoms with Gasteiger partial charge in [-0.05, 0) is 32.1 Å². The lowest BCUT2D eigenvalue weighted by atomic mass is 10.00. The van der Waals surface area contributed by atoms with Gasteiger partial charge in [-0.3, -0.25) is 0 Å². The average Bonchev–Trinajstić information content (AvgIpc) is 1.65. The number of hydrogen-bond donors (Lipinski definition) is 0. The van der Waals surface area contributed by atoms with Gasteiger partial charge in [-0.2, -0.15) is 0 Å². The predicted molar refractivity (Wildman–Crippen MR) is 36.9 cm³/mol. The van der Waals surface area contributed by atoms with Crippen molar-refractivity contribution >= 4 is 23.2 Å². The van der Waals surface area contributed by atoms with E-state index in [0.717, 1.165) is 19.3 Å². The quantitative estimate of drug-likeness (QED) is 0.467. The molecule has 0 heterocycles. The van der Waals surface area contributed by atoms with E-state index in [1.807, 2.05) is 6.42 Å². The Balaban J connectivity index is 2.33. The fourth-order valence-electron chi connectivity index (χ4n) is 0.790. The zero-order valence-corrected chi connectivity index (χ0v) is 6.04. The van der Waals surface area contributed by atoms with Crippen LogP contribution >= 0.6 is 23.2 Å². The van der Waals surface area contributed by atoms with E-state index in [1.165, 1.54) is 0 Å². The van der Waals surface area contributed by atoms with E-state index in [1.54, 1.807) is 0 Å². The summed E-state index contributed by atoms with van der Waals surface area (Å²) in [5.41, 5.74) is 0. The van der Waals surface area contributed by atoms with Crippen molar-refractivity contribution in [2.24, 2.45) is 0 Å². The second-order valence-electron chi connectivity index (χ2n) is 2.04. The molecule has 1 fully saturated rings. The van der Waals surface area contributed by atoms with E-state index >= 15 is 0 Å². The molecule has 0 unspecified atom stereocenters. The molecule has 0 aromatic rings. The lowest BCUT2D eigenvalue weighted by Gasteiger charge is -2.22. The molecule has 0 nitrogen and oxygen atoms in total. The third kappa shape index (κ3) is 1.83. The summed E-state index contributed by atoms with van der Waals surface area (Å²) in [6, 6.07) is 0. The highest BCUT2D eigenvalue weighted by Gasteiger charge is 2.26. The van der Waals surface area contributed by atoms with Crippen LogP contribution in [0.1, 0.15) is 19.3 Å². The van der Waals surface area contributed by atoms with Crippen molar-refractivity contribution in [2.75, 3.05) is 0 Å². The van der Waals surface area contributed by atoms with Crippen LogP contribution in [-0.4, -0.2) is 4.33 Å². The summed E-state index contributed by atoms with van der Waals surface area (Å²) in [4.78, 5) is 0. The maximum absolute atomic E-state index is 5.75. The molecule has 0 aliphatic heterocycles. The molecule has 0 amide bonds. The monoisotopic (exact) mass is 150 g/mol. The number of alkyl halides is 2. The lowest BCUT2D eigenvalue weighted by Crippen LogP contribution is -2.17. The fourth-order valence-corrected chi connectivity index (χ4v) is 1.23. The standard InChI is InChI=1S/C6H8Cl2/c7-6(8)4-2-1-3-5-6/h2,5H,1,3-4H2. The maximum Gasteiger partial charge on any atom is 0.121 e. The van der Waals surface area contributed by atoms with Crippen molar-refractivity contribution in [1.29, 1.82) is 0 Å². The fraction of sp³-hybridized carbons (Fsp3) is 0.667. The molecule has 0 saturated heterocycles. The average molecular weight is 151 g/mol. The topological polar surface area (TPSA) is 0 Å². The zero-order valence-electron chi connectivity index (χ0n) is 4.53. The molecule has 0 aromatic carbocycles. The van der Waals surface area contributed by atoms with Crippen molar-refractivity contribution < 1.29 is 0 Å². The highest BCUT2D eigenvalue weighted by molar-refractivity contribution is 6.49. The Hall–Kier alpha value is 0.580. The van der Waals surface area contributed by atoms with E-state index in [9.17, 15) is 0 Å². The van der Waals surface area contributed by atoms with Gasteiger partial charge in [0.1, 0.15) is 4.33 Å². The molecule has 2 heteroatoms. The predicted octanol–water partition coefficient (Wildman–Crippen LogP) is 2.75. The molecule has 0 bridgehead atoms. The molecule has 1 rings (SSSR count). The SMILES string of the molecule is ClC1(Cl)[CH]CC[CH]C1. The van der Waals surface area contributed by atoms with Crippen molar-refractivity contribution in [3.63, 3.8) is 0 Å². The first-order valence-corrected chi connectivity index (χ1v) is 3.50. The molecule has 0 spiro atoms. The number of halogens is 2. The number of rotatable bonds is 0. The first-order chi connectivity index (χ1) is 3.71. The molecular formula is C6H8Cl2. The van der Waals surface area contributed by atoms with Gasteiger partial charge in [0.15, 0.2) is 0 Å². The molecule has 1 saturated carbocycles. The Labute approximate surface area is 60.2 Å². The van der Waals surface area contributed by atoms with Crippen molar-refractivity contribution in [3.8, 4) is 0 Å². The normalized spacial score (nSPS) is 27.8. The molecular weight excluding hydrogens is 143 g/mol.